The minimum Gasteiger partial charge on any atom is -0.497 e. The van der Waals surface area contributed by atoms with E-state index in [9.17, 15) is 9.18 Å². The number of hydrogen-bond acceptors (Lipinski definition) is 4. The lowest BCUT2D eigenvalue weighted by molar-refractivity contribution is 0.404. The second kappa shape index (κ2) is 6.60. The van der Waals surface area contributed by atoms with Crippen LogP contribution in [0, 0.1) is 5.82 Å². The van der Waals surface area contributed by atoms with E-state index in [1.165, 1.54) is 16.7 Å². The molecule has 0 amide bonds. The van der Waals surface area contributed by atoms with Crippen molar-refractivity contribution in [2.75, 3.05) is 14.2 Å². The summed E-state index contributed by atoms with van der Waals surface area (Å²) < 4.78 is 27.2. The molecule has 0 saturated heterocycles. The first kappa shape index (κ1) is 16.8. The van der Waals surface area contributed by atoms with E-state index in [1.807, 2.05) is 0 Å². The van der Waals surface area contributed by atoms with Gasteiger partial charge in [0.25, 0.3) is 5.56 Å². The lowest BCUT2D eigenvalue weighted by Gasteiger charge is -2.08. The Morgan fingerprint density at radius 2 is 1.89 bits per heavy atom. The highest BCUT2D eigenvalue weighted by molar-refractivity contribution is 5.70. The second-order valence-electron chi connectivity index (χ2n) is 5.88. The summed E-state index contributed by atoms with van der Waals surface area (Å²) in [6, 6.07) is 11.2. The van der Waals surface area contributed by atoms with Gasteiger partial charge in [-0.2, -0.15) is 0 Å². The van der Waals surface area contributed by atoms with Gasteiger partial charge in [0.1, 0.15) is 17.3 Å². The summed E-state index contributed by atoms with van der Waals surface area (Å²) in [7, 11) is 3.14. The minimum absolute atomic E-state index is 0.224. The Morgan fingerprint density at radius 1 is 1.04 bits per heavy atom. The zero-order valence-corrected chi connectivity index (χ0v) is 14.7. The zero-order valence-electron chi connectivity index (χ0n) is 14.7. The van der Waals surface area contributed by atoms with Crippen LogP contribution in [0.4, 0.5) is 4.39 Å². The van der Waals surface area contributed by atoms with Crippen LogP contribution in [-0.4, -0.2) is 28.2 Å². The molecule has 0 N–H and O–H groups in total. The summed E-state index contributed by atoms with van der Waals surface area (Å²) in [5, 5.41) is 0. The summed E-state index contributed by atoms with van der Waals surface area (Å²) in [5.74, 6) is 0.856. The van der Waals surface area contributed by atoms with E-state index in [2.05, 4.69) is 4.98 Å². The van der Waals surface area contributed by atoms with E-state index in [4.69, 9.17) is 9.47 Å². The highest BCUT2D eigenvalue weighted by atomic mass is 19.1. The Morgan fingerprint density at radius 3 is 2.63 bits per heavy atom. The molecule has 0 atom stereocenters. The van der Waals surface area contributed by atoms with Gasteiger partial charge in [-0.15, -0.1) is 0 Å². The van der Waals surface area contributed by atoms with Gasteiger partial charge in [-0.05, 0) is 36.4 Å². The van der Waals surface area contributed by atoms with E-state index in [1.54, 1.807) is 67.5 Å². The van der Waals surface area contributed by atoms with Crippen LogP contribution in [0.1, 0.15) is 0 Å². The molecule has 0 spiro atoms. The molecule has 0 radical (unpaired) electrons. The first-order chi connectivity index (χ1) is 13.1. The molecule has 0 unspecified atom stereocenters. The van der Waals surface area contributed by atoms with Crippen LogP contribution in [0.2, 0.25) is 0 Å². The fraction of sp³-hybridized carbons (Fsp3) is 0.100. The number of nitrogens with zero attached hydrogens (tertiary/aromatic N) is 3. The van der Waals surface area contributed by atoms with Crippen LogP contribution in [0.25, 0.3) is 22.6 Å². The highest BCUT2D eigenvalue weighted by Gasteiger charge is 2.14. The van der Waals surface area contributed by atoms with Crippen molar-refractivity contribution in [2.24, 2.45) is 0 Å². The summed E-state index contributed by atoms with van der Waals surface area (Å²) in [5.41, 5.74) is 1.58. The number of fused-ring (bicyclic) bond motifs is 1. The van der Waals surface area contributed by atoms with Gasteiger partial charge < -0.3 is 13.9 Å². The van der Waals surface area contributed by atoms with Crippen LogP contribution < -0.4 is 15.0 Å². The minimum atomic E-state index is -0.413. The van der Waals surface area contributed by atoms with Crippen molar-refractivity contribution in [3.63, 3.8) is 0 Å². The summed E-state index contributed by atoms with van der Waals surface area (Å²) >= 11 is 0. The van der Waals surface area contributed by atoms with Gasteiger partial charge in [-0.25, -0.2) is 9.37 Å². The molecule has 27 heavy (non-hydrogen) atoms. The molecule has 6 nitrogen and oxygen atoms in total. The summed E-state index contributed by atoms with van der Waals surface area (Å²) in [4.78, 5) is 17.3. The SMILES string of the molecule is COc1ccc(OC)c(-c2cn3ccn(-c4cccc(F)c4)c(=O)c3n2)c1. The van der Waals surface area contributed by atoms with Crippen molar-refractivity contribution in [3.05, 3.63) is 77.2 Å². The lowest BCUT2D eigenvalue weighted by Crippen LogP contribution is -2.20. The maximum atomic E-state index is 13.5. The molecule has 0 aliphatic carbocycles. The van der Waals surface area contributed by atoms with Gasteiger partial charge in [-0.3, -0.25) is 9.36 Å². The number of hydrogen-bond donors (Lipinski definition) is 0. The molecule has 2 heterocycles. The zero-order chi connectivity index (χ0) is 19.0. The number of halogens is 1. The Balaban J connectivity index is 1.89. The lowest BCUT2D eigenvalue weighted by atomic mass is 10.1. The number of ether oxygens (including phenoxy) is 2. The normalized spacial score (nSPS) is 10.9. The van der Waals surface area contributed by atoms with Crippen LogP contribution >= 0.6 is 0 Å². The highest BCUT2D eigenvalue weighted by Crippen LogP contribution is 2.32. The molecule has 0 bridgehead atoms. The first-order valence-corrected chi connectivity index (χ1v) is 8.19. The molecule has 0 fully saturated rings. The third-order valence-corrected chi connectivity index (χ3v) is 4.29. The standard InChI is InChI=1S/C20H16FN3O3/c1-26-15-6-7-18(27-2)16(11-15)17-12-23-8-9-24(20(25)19(23)22-17)14-5-3-4-13(21)10-14/h3-12H,1-2H3. The Bertz CT molecular complexity index is 1200. The van der Waals surface area contributed by atoms with Gasteiger partial charge >= 0.3 is 0 Å². The van der Waals surface area contributed by atoms with Crippen LogP contribution in [0.15, 0.2) is 65.8 Å². The van der Waals surface area contributed by atoms with Gasteiger partial charge in [0.05, 0.1) is 25.6 Å². The molecule has 0 saturated carbocycles. The molecule has 2 aromatic heterocycles. The summed E-state index contributed by atoms with van der Waals surface area (Å²) in [6.45, 7) is 0. The second-order valence-corrected chi connectivity index (χ2v) is 5.88. The van der Waals surface area contributed by atoms with Crippen molar-refractivity contribution >= 4 is 5.65 Å². The van der Waals surface area contributed by atoms with Crippen LogP contribution in [0.5, 0.6) is 11.5 Å². The first-order valence-electron chi connectivity index (χ1n) is 8.19. The average Bonchev–Trinajstić information content (AvgIpc) is 3.13. The molecule has 0 aliphatic rings. The smallest absolute Gasteiger partial charge is 0.298 e. The number of imidazole rings is 1. The van der Waals surface area contributed by atoms with E-state index < -0.39 is 5.82 Å². The van der Waals surface area contributed by atoms with Gasteiger partial charge in [0, 0.05) is 24.2 Å². The Kier molecular flexibility index (Phi) is 4.12. The summed E-state index contributed by atoms with van der Waals surface area (Å²) in [6.07, 6.45) is 5.02. The molecular formula is C20H16FN3O3. The van der Waals surface area contributed by atoms with Gasteiger partial charge in [-0.1, -0.05) is 6.07 Å². The molecule has 2 aromatic carbocycles. The predicted octanol–water partition coefficient (Wildman–Crippen LogP) is 3.31. The quantitative estimate of drug-likeness (QED) is 0.557. The van der Waals surface area contributed by atoms with E-state index >= 15 is 0 Å². The Hall–Kier alpha value is -3.61. The number of aromatic nitrogens is 3. The van der Waals surface area contributed by atoms with Crippen LogP contribution in [0.3, 0.4) is 0 Å². The molecule has 4 rings (SSSR count). The Labute approximate surface area is 154 Å². The number of benzene rings is 2. The fourth-order valence-electron chi connectivity index (χ4n) is 2.95. The van der Waals surface area contributed by atoms with E-state index in [-0.39, 0.29) is 11.2 Å². The monoisotopic (exact) mass is 365 g/mol. The molecule has 0 aliphatic heterocycles. The number of rotatable bonds is 4. The van der Waals surface area contributed by atoms with Crippen molar-refractivity contribution in [2.45, 2.75) is 0 Å². The van der Waals surface area contributed by atoms with Gasteiger partial charge in [0.15, 0.2) is 0 Å². The van der Waals surface area contributed by atoms with E-state index in [0.29, 0.717) is 28.4 Å². The van der Waals surface area contributed by atoms with Gasteiger partial charge in [0.2, 0.25) is 5.65 Å². The topological polar surface area (TPSA) is 57.8 Å². The maximum Gasteiger partial charge on any atom is 0.298 e. The van der Waals surface area contributed by atoms with Crippen molar-refractivity contribution in [3.8, 4) is 28.4 Å². The van der Waals surface area contributed by atoms with Crippen molar-refractivity contribution in [1.82, 2.24) is 14.0 Å². The molecule has 136 valence electrons. The largest absolute Gasteiger partial charge is 0.497 e. The maximum absolute atomic E-state index is 13.5. The third kappa shape index (κ3) is 2.93. The predicted molar refractivity (Wildman–Crippen MR) is 99.3 cm³/mol. The average molecular weight is 365 g/mol. The van der Waals surface area contributed by atoms with Crippen molar-refractivity contribution in [1.29, 1.82) is 0 Å². The molecule has 4 aromatic rings. The van der Waals surface area contributed by atoms with Crippen molar-refractivity contribution < 1.29 is 13.9 Å². The number of methoxy groups -OCH3 is 2. The molecule has 7 heteroatoms. The molecular weight excluding hydrogens is 349 g/mol. The van der Waals surface area contributed by atoms with Crippen LogP contribution in [-0.2, 0) is 0 Å². The third-order valence-electron chi connectivity index (χ3n) is 4.29. The van der Waals surface area contributed by atoms with E-state index in [0.717, 1.165) is 0 Å². The fourth-order valence-corrected chi connectivity index (χ4v) is 2.95.